The molecule has 1 aromatic carbocycles. The Labute approximate surface area is 138 Å². The summed E-state index contributed by atoms with van der Waals surface area (Å²) < 4.78 is 6.91. The molecule has 0 aliphatic rings. The van der Waals surface area contributed by atoms with E-state index in [-0.39, 0.29) is 5.91 Å². The van der Waals surface area contributed by atoms with E-state index in [0.717, 1.165) is 11.2 Å². The van der Waals surface area contributed by atoms with Crippen molar-refractivity contribution in [2.24, 2.45) is 0 Å². The van der Waals surface area contributed by atoms with Crippen LogP contribution in [0, 0.1) is 13.8 Å². The molecule has 0 saturated carbocycles. The highest BCUT2D eigenvalue weighted by molar-refractivity contribution is 6.32. The molecular formula is C17H16ClN3O2. The number of carbonyl (C=O) groups is 1. The molecular weight excluding hydrogens is 314 g/mol. The molecule has 0 unspecified atom stereocenters. The number of carbonyl (C=O) groups excluding carboxylic acids is 1. The van der Waals surface area contributed by atoms with Gasteiger partial charge in [0.15, 0.2) is 0 Å². The van der Waals surface area contributed by atoms with Gasteiger partial charge in [0.2, 0.25) is 0 Å². The number of fused-ring (bicyclic) bond motifs is 1. The Balaban J connectivity index is 1.97. The van der Waals surface area contributed by atoms with Crippen LogP contribution < -0.4 is 10.1 Å². The highest BCUT2D eigenvalue weighted by atomic mass is 35.5. The summed E-state index contributed by atoms with van der Waals surface area (Å²) in [6.07, 6.45) is 1.83. The van der Waals surface area contributed by atoms with Crippen LogP contribution in [0.1, 0.15) is 21.7 Å². The summed E-state index contributed by atoms with van der Waals surface area (Å²) in [4.78, 5) is 17.1. The first-order chi connectivity index (χ1) is 11.0. The van der Waals surface area contributed by atoms with Crippen molar-refractivity contribution in [2.45, 2.75) is 13.8 Å². The first-order valence-corrected chi connectivity index (χ1v) is 7.48. The molecule has 0 aliphatic carbocycles. The summed E-state index contributed by atoms with van der Waals surface area (Å²) >= 11 is 6.09. The number of nitrogens with zero attached hydrogens (tertiary/aromatic N) is 2. The van der Waals surface area contributed by atoms with Gasteiger partial charge in [0.1, 0.15) is 17.1 Å². The predicted octanol–water partition coefficient (Wildman–Crippen LogP) is 3.87. The highest BCUT2D eigenvalue weighted by Crippen LogP contribution is 2.27. The van der Waals surface area contributed by atoms with Gasteiger partial charge < -0.3 is 10.1 Å². The number of benzene rings is 1. The molecule has 0 saturated heterocycles. The van der Waals surface area contributed by atoms with Crippen LogP contribution >= 0.6 is 11.6 Å². The lowest BCUT2D eigenvalue weighted by Crippen LogP contribution is -2.15. The smallest absolute Gasteiger partial charge is 0.274 e. The van der Waals surface area contributed by atoms with Crippen molar-refractivity contribution >= 4 is 28.8 Å². The number of imidazole rings is 1. The molecule has 1 N–H and O–H groups in total. The Hall–Kier alpha value is -2.53. The molecule has 6 heteroatoms. The van der Waals surface area contributed by atoms with Gasteiger partial charge in [0.25, 0.3) is 5.91 Å². The van der Waals surface area contributed by atoms with Gasteiger partial charge in [-0.3, -0.25) is 9.20 Å². The first kappa shape index (κ1) is 15.4. The van der Waals surface area contributed by atoms with E-state index in [0.29, 0.717) is 27.8 Å². The van der Waals surface area contributed by atoms with Gasteiger partial charge in [-0.15, -0.1) is 0 Å². The fourth-order valence-corrected chi connectivity index (χ4v) is 2.78. The quantitative estimate of drug-likeness (QED) is 0.793. The van der Waals surface area contributed by atoms with Gasteiger partial charge in [-0.25, -0.2) is 4.98 Å². The Morgan fingerprint density at radius 1 is 1.30 bits per heavy atom. The first-order valence-electron chi connectivity index (χ1n) is 7.10. The molecule has 2 heterocycles. The van der Waals surface area contributed by atoms with Crippen LogP contribution in [-0.2, 0) is 0 Å². The lowest BCUT2D eigenvalue weighted by molar-refractivity contribution is 0.102. The normalized spacial score (nSPS) is 10.8. The molecule has 2 aromatic heterocycles. The van der Waals surface area contributed by atoms with E-state index in [9.17, 15) is 4.79 Å². The number of aromatic nitrogens is 2. The molecule has 1 amide bonds. The molecule has 118 valence electrons. The van der Waals surface area contributed by atoms with Crippen molar-refractivity contribution in [1.29, 1.82) is 0 Å². The maximum Gasteiger partial charge on any atom is 0.274 e. The number of pyridine rings is 1. The third kappa shape index (κ3) is 2.75. The largest absolute Gasteiger partial charge is 0.495 e. The van der Waals surface area contributed by atoms with Crippen molar-refractivity contribution in [1.82, 2.24) is 9.38 Å². The molecule has 0 bridgehead atoms. The molecule has 0 aliphatic heterocycles. The van der Waals surface area contributed by atoms with Gasteiger partial charge in [-0.05, 0) is 43.7 Å². The van der Waals surface area contributed by atoms with E-state index in [4.69, 9.17) is 16.3 Å². The number of amides is 1. The Morgan fingerprint density at radius 2 is 2.09 bits per heavy atom. The number of hydrogen-bond acceptors (Lipinski definition) is 3. The van der Waals surface area contributed by atoms with E-state index >= 15 is 0 Å². The molecule has 0 fully saturated rings. The van der Waals surface area contributed by atoms with Crippen LogP contribution in [0.3, 0.4) is 0 Å². The number of halogens is 1. The fraction of sp³-hybridized carbons (Fsp3) is 0.176. The van der Waals surface area contributed by atoms with E-state index < -0.39 is 0 Å². The lowest BCUT2D eigenvalue weighted by atomic mass is 10.2. The SMILES string of the molecule is COc1ccc(NC(=O)c2c(C)nc3c(C)cccn23)cc1Cl. The molecule has 0 spiro atoms. The molecule has 0 atom stereocenters. The summed E-state index contributed by atoms with van der Waals surface area (Å²) in [6.45, 7) is 3.79. The average Bonchev–Trinajstić information content (AvgIpc) is 2.85. The highest BCUT2D eigenvalue weighted by Gasteiger charge is 2.17. The zero-order chi connectivity index (χ0) is 16.6. The van der Waals surface area contributed by atoms with Crippen LogP contribution in [0.4, 0.5) is 5.69 Å². The number of anilines is 1. The second kappa shape index (κ2) is 5.93. The number of nitrogens with one attached hydrogen (secondary N) is 1. The average molecular weight is 330 g/mol. The number of methoxy groups -OCH3 is 1. The van der Waals surface area contributed by atoms with Gasteiger partial charge in [-0.2, -0.15) is 0 Å². The van der Waals surface area contributed by atoms with Crippen molar-refractivity contribution < 1.29 is 9.53 Å². The minimum atomic E-state index is -0.234. The third-order valence-electron chi connectivity index (χ3n) is 3.64. The van der Waals surface area contributed by atoms with Crippen LogP contribution in [-0.4, -0.2) is 22.4 Å². The third-order valence-corrected chi connectivity index (χ3v) is 3.94. The van der Waals surface area contributed by atoms with E-state index in [1.54, 1.807) is 29.7 Å². The Morgan fingerprint density at radius 3 is 2.78 bits per heavy atom. The summed E-state index contributed by atoms with van der Waals surface area (Å²) in [5, 5.41) is 3.29. The van der Waals surface area contributed by atoms with Crippen molar-refractivity contribution in [2.75, 3.05) is 12.4 Å². The summed E-state index contributed by atoms with van der Waals surface area (Å²) in [5.41, 5.74) is 3.58. The van der Waals surface area contributed by atoms with E-state index in [1.165, 1.54) is 0 Å². The molecule has 3 aromatic rings. The second-order valence-corrected chi connectivity index (χ2v) is 5.64. The maximum atomic E-state index is 12.6. The number of hydrogen-bond donors (Lipinski definition) is 1. The maximum absolute atomic E-state index is 12.6. The molecule has 3 rings (SSSR count). The molecule has 23 heavy (non-hydrogen) atoms. The minimum Gasteiger partial charge on any atom is -0.495 e. The summed E-state index contributed by atoms with van der Waals surface area (Å²) in [5.74, 6) is 0.327. The zero-order valence-corrected chi connectivity index (χ0v) is 13.8. The standard InChI is InChI=1S/C17H16ClN3O2/c1-10-5-4-8-21-15(11(2)19-16(10)21)17(22)20-12-6-7-14(23-3)13(18)9-12/h4-9H,1-3H3,(H,20,22). The monoisotopic (exact) mass is 329 g/mol. The number of rotatable bonds is 3. The van der Waals surface area contributed by atoms with Crippen LogP contribution in [0.25, 0.3) is 5.65 Å². The predicted molar refractivity (Wildman–Crippen MR) is 90.6 cm³/mol. The zero-order valence-electron chi connectivity index (χ0n) is 13.1. The number of ether oxygens (including phenoxy) is 1. The van der Waals surface area contributed by atoms with Gasteiger partial charge in [0.05, 0.1) is 17.8 Å². The summed E-state index contributed by atoms with van der Waals surface area (Å²) in [6, 6.07) is 8.97. The second-order valence-electron chi connectivity index (χ2n) is 5.23. The Bertz CT molecular complexity index is 902. The Kier molecular flexibility index (Phi) is 3.96. The van der Waals surface area contributed by atoms with Crippen molar-refractivity contribution in [3.63, 3.8) is 0 Å². The lowest BCUT2D eigenvalue weighted by Gasteiger charge is -2.08. The van der Waals surface area contributed by atoms with Gasteiger partial charge >= 0.3 is 0 Å². The van der Waals surface area contributed by atoms with Crippen LogP contribution in [0.5, 0.6) is 5.75 Å². The summed E-state index contributed by atoms with van der Waals surface area (Å²) in [7, 11) is 1.55. The molecule has 0 radical (unpaired) electrons. The van der Waals surface area contributed by atoms with Gasteiger partial charge in [0, 0.05) is 11.9 Å². The van der Waals surface area contributed by atoms with E-state index in [2.05, 4.69) is 10.3 Å². The van der Waals surface area contributed by atoms with Crippen molar-refractivity contribution in [3.05, 3.63) is 58.5 Å². The molecule has 5 nitrogen and oxygen atoms in total. The van der Waals surface area contributed by atoms with Crippen LogP contribution in [0.15, 0.2) is 36.5 Å². The van der Waals surface area contributed by atoms with Gasteiger partial charge in [-0.1, -0.05) is 17.7 Å². The van der Waals surface area contributed by atoms with Crippen LogP contribution in [0.2, 0.25) is 5.02 Å². The number of aryl methyl sites for hydroxylation is 2. The minimum absolute atomic E-state index is 0.234. The van der Waals surface area contributed by atoms with E-state index in [1.807, 2.05) is 32.2 Å². The fourth-order valence-electron chi connectivity index (χ4n) is 2.53. The topological polar surface area (TPSA) is 55.6 Å². The van der Waals surface area contributed by atoms with Crippen molar-refractivity contribution in [3.8, 4) is 5.75 Å².